The van der Waals surface area contributed by atoms with Gasteiger partial charge in [0.15, 0.2) is 0 Å². The average Bonchev–Trinajstić information content (AvgIpc) is 2.50. The molecule has 0 spiro atoms. The predicted octanol–water partition coefficient (Wildman–Crippen LogP) is 3.14. The standard InChI is InChI=1S/C18H25NO.BrH.H2O/c1-19-11-10-18-9-4-3-6-15(18)16(19)12-13-14(18)7-5-8-17(13)20-2;;/h5,7-8,15-16H,3-4,6,9-12H2,1-2H3;1H;1H2/t15-,16+,18-;;/m0../s1. The fourth-order valence-corrected chi connectivity index (χ4v) is 5.40. The monoisotopic (exact) mass is 369 g/mol. The molecule has 4 rings (SSSR count). The lowest BCUT2D eigenvalue weighted by atomic mass is 9.52. The van der Waals surface area contributed by atoms with Gasteiger partial charge in [0.25, 0.3) is 0 Å². The van der Waals surface area contributed by atoms with E-state index in [1.165, 1.54) is 50.6 Å². The van der Waals surface area contributed by atoms with Crippen LogP contribution in [0.15, 0.2) is 18.2 Å². The van der Waals surface area contributed by atoms with Gasteiger partial charge in [-0.25, -0.2) is 0 Å². The van der Waals surface area contributed by atoms with Crippen LogP contribution in [-0.4, -0.2) is 37.1 Å². The molecule has 2 bridgehead atoms. The molecule has 22 heavy (non-hydrogen) atoms. The molecule has 0 unspecified atom stereocenters. The molecular weight excluding hydrogens is 342 g/mol. The smallest absolute Gasteiger partial charge is 0.122 e. The van der Waals surface area contributed by atoms with E-state index in [2.05, 4.69) is 30.1 Å². The molecule has 0 aromatic heterocycles. The predicted molar refractivity (Wildman–Crippen MR) is 95.3 cm³/mol. The zero-order valence-corrected chi connectivity index (χ0v) is 15.3. The van der Waals surface area contributed by atoms with Crippen molar-refractivity contribution in [3.63, 3.8) is 0 Å². The van der Waals surface area contributed by atoms with Crippen molar-refractivity contribution in [3.05, 3.63) is 29.3 Å². The molecule has 0 radical (unpaired) electrons. The lowest BCUT2D eigenvalue weighted by Gasteiger charge is -2.58. The Morgan fingerprint density at radius 1 is 1.23 bits per heavy atom. The van der Waals surface area contributed by atoms with E-state index in [1.807, 2.05) is 7.11 Å². The third-order valence-electron chi connectivity index (χ3n) is 6.34. The Balaban J connectivity index is 0.000000882. The van der Waals surface area contributed by atoms with Crippen molar-refractivity contribution in [1.82, 2.24) is 4.90 Å². The van der Waals surface area contributed by atoms with Crippen molar-refractivity contribution in [1.29, 1.82) is 0 Å². The number of halogens is 1. The highest BCUT2D eigenvalue weighted by Crippen LogP contribution is 2.56. The number of rotatable bonds is 1. The van der Waals surface area contributed by atoms with Gasteiger partial charge in [0, 0.05) is 11.5 Å². The second-order valence-corrected chi connectivity index (χ2v) is 7.00. The van der Waals surface area contributed by atoms with Crippen molar-refractivity contribution >= 4 is 17.0 Å². The van der Waals surface area contributed by atoms with Gasteiger partial charge in [-0.2, -0.15) is 0 Å². The SMILES string of the molecule is Br.COc1cccc2c1C[C@@H]1[C@@H]3CCCC[C@]23CCN1C.O. The average molecular weight is 370 g/mol. The fourth-order valence-electron chi connectivity index (χ4n) is 5.40. The van der Waals surface area contributed by atoms with Crippen molar-refractivity contribution in [2.45, 2.75) is 50.0 Å². The Bertz CT molecular complexity index is 536. The fraction of sp³-hybridized carbons (Fsp3) is 0.667. The number of benzene rings is 1. The molecule has 3 atom stereocenters. The van der Waals surface area contributed by atoms with Gasteiger partial charge >= 0.3 is 0 Å². The van der Waals surface area contributed by atoms with Gasteiger partial charge in [0.2, 0.25) is 0 Å². The molecule has 124 valence electrons. The minimum atomic E-state index is 0. The number of hydrogen-bond acceptors (Lipinski definition) is 2. The summed E-state index contributed by atoms with van der Waals surface area (Å²) < 4.78 is 5.67. The number of likely N-dealkylation sites (N-methyl/N-ethyl adjacent to an activating group) is 1. The molecule has 3 aliphatic rings. The summed E-state index contributed by atoms with van der Waals surface area (Å²) in [6, 6.07) is 7.48. The molecule has 2 aliphatic carbocycles. The molecule has 1 aromatic rings. The minimum absolute atomic E-state index is 0. The van der Waals surface area contributed by atoms with Gasteiger partial charge in [-0.3, -0.25) is 0 Å². The van der Waals surface area contributed by atoms with Gasteiger partial charge in [0.1, 0.15) is 5.75 Å². The van der Waals surface area contributed by atoms with Crippen LogP contribution in [0.4, 0.5) is 0 Å². The van der Waals surface area contributed by atoms with E-state index >= 15 is 0 Å². The van der Waals surface area contributed by atoms with Crippen LogP contribution in [0.25, 0.3) is 0 Å². The highest BCUT2D eigenvalue weighted by molar-refractivity contribution is 8.93. The first-order chi connectivity index (χ1) is 9.76. The number of methoxy groups -OCH3 is 1. The van der Waals surface area contributed by atoms with Crippen LogP contribution < -0.4 is 4.74 Å². The summed E-state index contributed by atoms with van der Waals surface area (Å²) in [6.07, 6.45) is 8.17. The highest BCUT2D eigenvalue weighted by Gasteiger charge is 2.53. The summed E-state index contributed by atoms with van der Waals surface area (Å²) in [7, 11) is 4.14. The van der Waals surface area contributed by atoms with E-state index in [0.29, 0.717) is 5.41 Å². The van der Waals surface area contributed by atoms with Crippen molar-refractivity contribution in [2.75, 3.05) is 20.7 Å². The second kappa shape index (κ2) is 6.50. The molecule has 1 aromatic carbocycles. The molecule has 1 saturated heterocycles. The third kappa shape index (κ3) is 2.31. The largest absolute Gasteiger partial charge is 0.496 e. The molecule has 4 heteroatoms. The van der Waals surface area contributed by atoms with Crippen LogP contribution in [0.3, 0.4) is 0 Å². The van der Waals surface area contributed by atoms with E-state index in [0.717, 1.165) is 17.7 Å². The molecule has 0 amide bonds. The Kier molecular flexibility index (Phi) is 5.25. The Hall–Kier alpha value is -0.580. The van der Waals surface area contributed by atoms with E-state index in [9.17, 15) is 0 Å². The number of piperidine rings is 1. The maximum Gasteiger partial charge on any atom is 0.122 e. The third-order valence-corrected chi connectivity index (χ3v) is 6.34. The van der Waals surface area contributed by atoms with E-state index in [1.54, 1.807) is 5.56 Å². The summed E-state index contributed by atoms with van der Waals surface area (Å²) in [5.41, 5.74) is 3.59. The number of fused-ring (bicyclic) bond motifs is 1. The summed E-state index contributed by atoms with van der Waals surface area (Å²) in [6.45, 7) is 1.26. The first-order valence-corrected chi connectivity index (χ1v) is 8.13. The maximum absolute atomic E-state index is 5.67. The van der Waals surface area contributed by atoms with Crippen LogP contribution in [0.2, 0.25) is 0 Å². The number of nitrogens with zero attached hydrogens (tertiary/aromatic N) is 1. The lowest BCUT2D eigenvalue weighted by molar-refractivity contribution is 0.00227. The van der Waals surface area contributed by atoms with E-state index in [4.69, 9.17) is 4.74 Å². The van der Waals surface area contributed by atoms with Gasteiger partial charge in [-0.05, 0) is 62.4 Å². The molecule has 1 saturated carbocycles. The Morgan fingerprint density at radius 2 is 2.05 bits per heavy atom. The van der Waals surface area contributed by atoms with Crippen molar-refractivity contribution < 1.29 is 10.2 Å². The zero-order valence-electron chi connectivity index (χ0n) is 13.6. The number of ether oxygens (including phenoxy) is 1. The molecule has 3 nitrogen and oxygen atoms in total. The molecule has 1 aliphatic heterocycles. The van der Waals surface area contributed by atoms with Crippen molar-refractivity contribution in [2.24, 2.45) is 5.92 Å². The Morgan fingerprint density at radius 3 is 2.82 bits per heavy atom. The van der Waals surface area contributed by atoms with Crippen LogP contribution in [0.5, 0.6) is 5.75 Å². The second-order valence-electron chi connectivity index (χ2n) is 7.00. The van der Waals surface area contributed by atoms with Gasteiger partial charge in [0.05, 0.1) is 7.11 Å². The summed E-state index contributed by atoms with van der Waals surface area (Å²) >= 11 is 0. The number of likely N-dealkylation sites (tertiary alicyclic amines) is 1. The van der Waals surface area contributed by atoms with Gasteiger partial charge < -0.3 is 15.1 Å². The van der Waals surface area contributed by atoms with Crippen LogP contribution >= 0.6 is 17.0 Å². The molecule has 1 heterocycles. The molecular formula is C18H28BrNO2. The lowest BCUT2D eigenvalue weighted by Crippen LogP contribution is -2.59. The minimum Gasteiger partial charge on any atom is -0.496 e. The van der Waals surface area contributed by atoms with Crippen LogP contribution in [-0.2, 0) is 11.8 Å². The van der Waals surface area contributed by atoms with Crippen LogP contribution in [0, 0.1) is 5.92 Å². The summed E-state index contributed by atoms with van der Waals surface area (Å²) in [5, 5.41) is 0. The Labute approximate surface area is 144 Å². The maximum atomic E-state index is 5.67. The van der Waals surface area contributed by atoms with E-state index in [-0.39, 0.29) is 22.5 Å². The van der Waals surface area contributed by atoms with Gasteiger partial charge in [-0.1, -0.05) is 25.0 Å². The van der Waals surface area contributed by atoms with Gasteiger partial charge in [-0.15, -0.1) is 17.0 Å². The summed E-state index contributed by atoms with van der Waals surface area (Å²) in [5.74, 6) is 1.99. The molecule has 2 N–H and O–H groups in total. The normalized spacial score (nSPS) is 32.8. The van der Waals surface area contributed by atoms with Crippen LogP contribution in [0.1, 0.15) is 43.2 Å². The zero-order chi connectivity index (χ0) is 13.7. The number of hydrogen-bond donors (Lipinski definition) is 0. The molecule has 2 fully saturated rings. The highest BCUT2D eigenvalue weighted by atomic mass is 79.9. The summed E-state index contributed by atoms with van der Waals surface area (Å²) in [4.78, 5) is 2.61. The quantitative estimate of drug-likeness (QED) is 0.762. The van der Waals surface area contributed by atoms with E-state index < -0.39 is 0 Å². The topological polar surface area (TPSA) is 44.0 Å². The first-order valence-electron chi connectivity index (χ1n) is 8.13. The van der Waals surface area contributed by atoms with Crippen molar-refractivity contribution in [3.8, 4) is 5.75 Å². The first kappa shape index (κ1) is 17.8.